The Balaban J connectivity index is 1.97. The molecule has 1 N–H and O–H groups in total. The molecule has 0 atom stereocenters. The monoisotopic (exact) mass is 298 g/mol. The van der Waals surface area contributed by atoms with Crippen molar-refractivity contribution < 1.29 is 9.13 Å². The Bertz CT molecular complexity index is 841. The highest BCUT2D eigenvalue weighted by atomic mass is 19.1. The molecule has 0 unspecified atom stereocenters. The summed E-state index contributed by atoms with van der Waals surface area (Å²) in [6.45, 7) is 1.97. The van der Waals surface area contributed by atoms with Gasteiger partial charge in [-0.15, -0.1) is 0 Å². The van der Waals surface area contributed by atoms with Crippen molar-refractivity contribution in [2.45, 2.75) is 6.42 Å². The third-order valence-electron chi connectivity index (χ3n) is 4.06. The minimum absolute atomic E-state index is 0.299. The Hall–Kier alpha value is -2.63. The average molecular weight is 298 g/mol. The van der Waals surface area contributed by atoms with E-state index in [1.54, 1.807) is 19.5 Å². The van der Waals surface area contributed by atoms with Crippen molar-refractivity contribution in [3.8, 4) is 16.9 Å². The van der Waals surface area contributed by atoms with Crippen molar-refractivity contribution in [3.63, 3.8) is 0 Å². The zero-order chi connectivity index (χ0) is 15.1. The van der Waals surface area contributed by atoms with Gasteiger partial charge >= 0.3 is 0 Å². The number of aromatic amines is 1. The molecule has 112 valence electrons. The van der Waals surface area contributed by atoms with Gasteiger partial charge in [-0.25, -0.2) is 14.4 Å². The van der Waals surface area contributed by atoms with E-state index in [0.717, 1.165) is 41.9 Å². The van der Waals surface area contributed by atoms with Gasteiger partial charge < -0.3 is 14.6 Å². The predicted octanol–water partition coefficient (Wildman–Crippen LogP) is 2.98. The van der Waals surface area contributed by atoms with Crippen LogP contribution in [-0.2, 0) is 0 Å². The number of hydrogen-bond acceptors (Lipinski definition) is 4. The lowest BCUT2D eigenvalue weighted by Gasteiger charge is -2.32. The number of aromatic nitrogens is 3. The van der Waals surface area contributed by atoms with Crippen molar-refractivity contribution in [1.82, 2.24) is 15.0 Å². The van der Waals surface area contributed by atoms with E-state index < -0.39 is 0 Å². The van der Waals surface area contributed by atoms with Crippen molar-refractivity contribution in [3.05, 3.63) is 36.5 Å². The molecule has 6 heteroatoms. The van der Waals surface area contributed by atoms with Gasteiger partial charge in [0, 0.05) is 30.4 Å². The number of halogens is 1. The largest absolute Gasteiger partial charge is 0.496 e. The Morgan fingerprint density at radius 1 is 1.23 bits per heavy atom. The molecule has 1 saturated heterocycles. The minimum Gasteiger partial charge on any atom is -0.496 e. The van der Waals surface area contributed by atoms with Gasteiger partial charge in [-0.2, -0.15) is 0 Å². The fraction of sp³-hybridized carbons (Fsp3) is 0.250. The summed E-state index contributed by atoms with van der Waals surface area (Å²) < 4.78 is 19.1. The molecule has 0 saturated carbocycles. The van der Waals surface area contributed by atoms with Gasteiger partial charge in [0.15, 0.2) is 0 Å². The number of ether oxygens (including phenoxy) is 1. The topological polar surface area (TPSA) is 54.0 Å². The second-order valence-corrected chi connectivity index (χ2v) is 5.31. The Labute approximate surface area is 126 Å². The van der Waals surface area contributed by atoms with Crippen molar-refractivity contribution in [2.24, 2.45) is 0 Å². The molecule has 3 heterocycles. The maximum absolute atomic E-state index is 13.7. The van der Waals surface area contributed by atoms with Crippen LogP contribution in [0.1, 0.15) is 6.42 Å². The number of nitrogens with zero attached hydrogens (tertiary/aromatic N) is 3. The van der Waals surface area contributed by atoms with Crippen molar-refractivity contribution >= 4 is 16.9 Å². The molecular weight excluding hydrogens is 283 g/mol. The summed E-state index contributed by atoms with van der Waals surface area (Å²) in [7, 11) is 1.58. The van der Waals surface area contributed by atoms with Crippen molar-refractivity contribution in [1.29, 1.82) is 0 Å². The van der Waals surface area contributed by atoms with E-state index in [2.05, 4.69) is 19.9 Å². The average Bonchev–Trinajstić information content (AvgIpc) is 2.90. The van der Waals surface area contributed by atoms with Gasteiger partial charge in [0.2, 0.25) is 0 Å². The van der Waals surface area contributed by atoms with Gasteiger partial charge in [0.25, 0.3) is 0 Å². The molecule has 0 bridgehead atoms. The predicted molar refractivity (Wildman–Crippen MR) is 82.7 cm³/mol. The molecule has 0 aliphatic carbocycles. The molecule has 1 aliphatic heterocycles. The molecule has 3 aromatic rings. The highest BCUT2D eigenvalue weighted by molar-refractivity contribution is 6.02. The highest BCUT2D eigenvalue weighted by Gasteiger charge is 2.23. The zero-order valence-corrected chi connectivity index (χ0v) is 12.1. The van der Waals surface area contributed by atoms with Crippen molar-refractivity contribution in [2.75, 3.05) is 25.1 Å². The first-order valence-corrected chi connectivity index (χ1v) is 7.19. The summed E-state index contributed by atoms with van der Waals surface area (Å²) in [4.78, 5) is 14.1. The lowest BCUT2D eigenvalue weighted by molar-refractivity contribution is 0.415. The zero-order valence-electron chi connectivity index (χ0n) is 12.1. The van der Waals surface area contributed by atoms with Gasteiger partial charge in [-0.1, -0.05) is 0 Å². The van der Waals surface area contributed by atoms with Crippen LogP contribution in [0.3, 0.4) is 0 Å². The number of H-pyrrole nitrogens is 1. The van der Waals surface area contributed by atoms with E-state index in [1.807, 2.05) is 6.20 Å². The number of hydrogen-bond donors (Lipinski definition) is 1. The van der Waals surface area contributed by atoms with E-state index in [-0.39, 0.29) is 5.82 Å². The molecule has 0 amide bonds. The molecule has 0 spiro atoms. The second kappa shape index (κ2) is 4.98. The summed E-state index contributed by atoms with van der Waals surface area (Å²) in [6.07, 6.45) is 4.55. The molecule has 1 aliphatic rings. The van der Waals surface area contributed by atoms with E-state index in [9.17, 15) is 4.39 Å². The van der Waals surface area contributed by atoms with Crippen LogP contribution in [0.2, 0.25) is 0 Å². The first-order chi connectivity index (χ1) is 10.8. The number of fused-ring (bicyclic) bond motifs is 1. The van der Waals surface area contributed by atoms with Crippen LogP contribution in [-0.4, -0.2) is 35.2 Å². The number of nitrogens with one attached hydrogen (secondary N) is 1. The highest BCUT2D eigenvalue weighted by Crippen LogP contribution is 2.39. The summed E-state index contributed by atoms with van der Waals surface area (Å²) in [5.41, 5.74) is 2.30. The third-order valence-corrected chi connectivity index (χ3v) is 4.06. The maximum Gasteiger partial charge on any atom is 0.143 e. The standard InChI is InChI=1S/C16H15FN4O/c1-22-13-4-3-10(17)7-11(13)12-8-18-15-14(12)16(20-9-19-15)21-5-2-6-21/h3-4,7-9H,2,5-6H2,1H3,(H,18,19,20). The van der Waals surface area contributed by atoms with Crippen LogP contribution in [0.5, 0.6) is 5.75 Å². The molecule has 5 nitrogen and oxygen atoms in total. The minimum atomic E-state index is -0.299. The molecule has 22 heavy (non-hydrogen) atoms. The maximum atomic E-state index is 13.7. The van der Waals surface area contributed by atoms with Crippen LogP contribution in [0.15, 0.2) is 30.7 Å². The van der Waals surface area contributed by atoms with Gasteiger partial charge in [0.05, 0.1) is 12.5 Å². The summed E-state index contributed by atoms with van der Waals surface area (Å²) in [5.74, 6) is 1.21. The van der Waals surface area contributed by atoms with Gasteiger partial charge in [0.1, 0.15) is 29.4 Å². The number of benzene rings is 1. The Morgan fingerprint density at radius 2 is 2.09 bits per heavy atom. The molecular formula is C16H15FN4O. The molecule has 4 rings (SSSR count). The fourth-order valence-corrected chi connectivity index (χ4v) is 2.82. The second-order valence-electron chi connectivity index (χ2n) is 5.31. The van der Waals surface area contributed by atoms with Crippen LogP contribution >= 0.6 is 0 Å². The smallest absolute Gasteiger partial charge is 0.143 e. The molecule has 2 aromatic heterocycles. The number of anilines is 1. The number of rotatable bonds is 3. The molecule has 1 aromatic carbocycles. The van der Waals surface area contributed by atoms with Gasteiger partial charge in [-0.05, 0) is 24.6 Å². The summed E-state index contributed by atoms with van der Waals surface area (Å²) >= 11 is 0. The quantitative estimate of drug-likeness (QED) is 0.807. The lowest BCUT2D eigenvalue weighted by atomic mass is 10.0. The summed E-state index contributed by atoms with van der Waals surface area (Å²) in [6, 6.07) is 4.51. The van der Waals surface area contributed by atoms with Crippen LogP contribution < -0.4 is 9.64 Å². The van der Waals surface area contributed by atoms with Crippen LogP contribution in [0.4, 0.5) is 10.2 Å². The SMILES string of the molecule is COc1ccc(F)cc1-c1c[nH]c2ncnc(N3CCC3)c12. The summed E-state index contributed by atoms with van der Waals surface area (Å²) in [5, 5.41) is 0.908. The first kappa shape index (κ1) is 13.1. The third kappa shape index (κ3) is 1.91. The van der Waals surface area contributed by atoms with Crippen LogP contribution in [0.25, 0.3) is 22.2 Å². The van der Waals surface area contributed by atoms with Crippen LogP contribution in [0, 0.1) is 5.82 Å². The Morgan fingerprint density at radius 3 is 2.82 bits per heavy atom. The number of methoxy groups -OCH3 is 1. The molecule has 1 fully saturated rings. The fourth-order valence-electron chi connectivity index (χ4n) is 2.82. The normalized spacial score (nSPS) is 14.2. The molecule has 0 radical (unpaired) electrons. The van der Waals surface area contributed by atoms with E-state index in [4.69, 9.17) is 4.74 Å². The lowest BCUT2D eigenvalue weighted by Crippen LogP contribution is -2.37. The van der Waals surface area contributed by atoms with E-state index in [0.29, 0.717) is 11.3 Å². The van der Waals surface area contributed by atoms with Gasteiger partial charge in [-0.3, -0.25) is 0 Å². The van der Waals surface area contributed by atoms with E-state index in [1.165, 1.54) is 12.1 Å². The first-order valence-electron chi connectivity index (χ1n) is 7.19. The van der Waals surface area contributed by atoms with E-state index >= 15 is 0 Å². The Kier molecular flexibility index (Phi) is 2.96.